The third kappa shape index (κ3) is 6.40. The van der Waals surface area contributed by atoms with Crippen LogP contribution in [0.25, 0.3) is 0 Å². The van der Waals surface area contributed by atoms with Gasteiger partial charge < -0.3 is 15.0 Å². The number of hydrogen-bond acceptors (Lipinski definition) is 3. The van der Waals surface area contributed by atoms with E-state index in [2.05, 4.69) is 42.8 Å². The highest BCUT2D eigenvalue weighted by Gasteiger charge is 2.09. The quantitative estimate of drug-likeness (QED) is 0.753. The lowest BCUT2D eigenvalue weighted by molar-refractivity contribution is -0.0498. The van der Waals surface area contributed by atoms with Gasteiger partial charge in [0, 0.05) is 25.2 Å². The fourth-order valence-electron chi connectivity index (χ4n) is 2.05. The van der Waals surface area contributed by atoms with Crippen molar-refractivity contribution in [2.45, 2.75) is 45.9 Å². The molecular formula is C16H26F2N2O. The van der Waals surface area contributed by atoms with Crippen LogP contribution in [0.3, 0.4) is 0 Å². The van der Waals surface area contributed by atoms with Crippen molar-refractivity contribution in [1.29, 1.82) is 0 Å². The average molecular weight is 300 g/mol. The summed E-state index contributed by atoms with van der Waals surface area (Å²) in [6, 6.07) is 7.53. The summed E-state index contributed by atoms with van der Waals surface area (Å²) in [7, 11) is 2.12. The molecule has 0 aliphatic rings. The fraction of sp³-hybridized carbons (Fsp3) is 0.625. The Morgan fingerprint density at radius 2 is 1.81 bits per heavy atom. The van der Waals surface area contributed by atoms with Crippen LogP contribution < -0.4 is 10.1 Å². The van der Waals surface area contributed by atoms with E-state index in [1.165, 1.54) is 0 Å². The van der Waals surface area contributed by atoms with Crippen LogP contribution in [0.4, 0.5) is 8.78 Å². The van der Waals surface area contributed by atoms with Crippen LogP contribution in [0.15, 0.2) is 24.3 Å². The molecule has 2 atom stereocenters. The number of likely N-dealkylation sites (N-methyl/N-ethyl adjacent to an activating group) is 1. The number of hydrogen-bond donors (Lipinski definition) is 1. The van der Waals surface area contributed by atoms with Gasteiger partial charge in [0.15, 0.2) is 0 Å². The number of halogens is 2. The normalized spacial score (nSPS) is 14.5. The Kier molecular flexibility index (Phi) is 7.61. The highest BCUT2D eigenvalue weighted by Crippen LogP contribution is 2.19. The van der Waals surface area contributed by atoms with Gasteiger partial charge in [-0.2, -0.15) is 8.78 Å². The minimum Gasteiger partial charge on any atom is -0.435 e. The van der Waals surface area contributed by atoms with E-state index < -0.39 is 6.61 Å². The average Bonchev–Trinajstić information content (AvgIpc) is 2.46. The van der Waals surface area contributed by atoms with Crippen molar-refractivity contribution in [3.05, 3.63) is 29.8 Å². The summed E-state index contributed by atoms with van der Waals surface area (Å²) >= 11 is 0. The number of rotatable bonds is 9. The van der Waals surface area contributed by atoms with Gasteiger partial charge in [-0.15, -0.1) is 0 Å². The Morgan fingerprint density at radius 1 is 1.19 bits per heavy atom. The minimum atomic E-state index is -2.78. The molecule has 0 aliphatic heterocycles. The number of nitrogens with one attached hydrogen (secondary N) is 1. The summed E-state index contributed by atoms with van der Waals surface area (Å²) in [5.74, 6) is 0.192. The van der Waals surface area contributed by atoms with Gasteiger partial charge >= 0.3 is 6.61 Å². The molecule has 2 unspecified atom stereocenters. The van der Waals surface area contributed by atoms with E-state index in [1.807, 2.05) is 12.1 Å². The molecule has 5 heteroatoms. The first-order chi connectivity index (χ1) is 9.93. The topological polar surface area (TPSA) is 24.5 Å². The predicted molar refractivity (Wildman–Crippen MR) is 81.9 cm³/mol. The molecule has 1 N–H and O–H groups in total. The van der Waals surface area contributed by atoms with Gasteiger partial charge in [0.25, 0.3) is 0 Å². The van der Waals surface area contributed by atoms with Crippen LogP contribution in [0, 0.1) is 0 Å². The standard InChI is InChI=1S/C16H26F2N2O/c1-5-12(2)20(4)11-10-19-13(3)14-6-8-15(9-7-14)21-16(17)18/h6-9,12-13,16,19H,5,10-11H2,1-4H3. The third-order valence-electron chi connectivity index (χ3n) is 3.86. The molecule has 1 aromatic carbocycles. The first kappa shape index (κ1) is 17.9. The second kappa shape index (κ2) is 8.95. The molecular weight excluding hydrogens is 274 g/mol. The van der Waals surface area contributed by atoms with E-state index in [-0.39, 0.29) is 11.8 Å². The van der Waals surface area contributed by atoms with E-state index >= 15 is 0 Å². The highest BCUT2D eigenvalue weighted by atomic mass is 19.3. The molecule has 1 rings (SSSR count). The summed E-state index contributed by atoms with van der Waals surface area (Å²) in [5.41, 5.74) is 1.06. The van der Waals surface area contributed by atoms with Gasteiger partial charge in [-0.3, -0.25) is 0 Å². The molecule has 1 aromatic rings. The summed E-state index contributed by atoms with van der Waals surface area (Å²) in [5, 5.41) is 3.44. The largest absolute Gasteiger partial charge is 0.435 e. The van der Waals surface area contributed by atoms with Crippen LogP contribution >= 0.6 is 0 Å². The van der Waals surface area contributed by atoms with Crippen LogP contribution in [0.2, 0.25) is 0 Å². The van der Waals surface area contributed by atoms with Gasteiger partial charge in [-0.05, 0) is 45.0 Å². The Morgan fingerprint density at radius 3 is 2.33 bits per heavy atom. The zero-order valence-corrected chi connectivity index (χ0v) is 13.3. The maximum absolute atomic E-state index is 12.1. The first-order valence-electron chi connectivity index (χ1n) is 7.42. The van der Waals surface area contributed by atoms with Crippen molar-refractivity contribution >= 4 is 0 Å². The summed E-state index contributed by atoms with van der Waals surface area (Å²) in [6.45, 7) is 5.54. The Labute approximate surface area is 126 Å². The van der Waals surface area contributed by atoms with Gasteiger partial charge in [-0.25, -0.2) is 0 Å². The van der Waals surface area contributed by atoms with Crippen molar-refractivity contribution in [2.75, 3.05) is 20.1 Å². The second-order valence-electron chi connectivity index (χ2n) is 5.36. The van der Waals surface area contributed by atoms with Crippen LogP contribution in [0.1, 0.15) is 38.8 Å². The van der Waals surface area contributed by atoms with Crippen LogP contribution in [-0.4, -0.2) is 37.7 Å². The maximum Gasteiger partial charge on any atom is 0.387 e. The number of ether oxygens (including phenoxy) is 1. The number of benzene rings is 1. The molecule has 0 aromatic heterocycles. The van der Waals surface area contributed by atoms with Crippen molar-refractivity contribution in [1.82, 2.24) is 10.2 Å². The summed E-state index contributed by atoms with van der Waals surface area (Å²) < 4.78 is 28.5. The van der Waals surface area contributed by atoms with Crippen molar-refractivity contribution in [3.63, 3.8) is 0 Å². The van der Waals surface area contributed by atoms with Gasteiger partial charge in [0.2, 0.25) is 0 Å². The summed E-state index contributed by atoms with van der Waals surface area (Å²) in [4.78, 5) is 2.32. The molecule has 0 bridgehead atoms. The lowest BCUT2D eigenvalue weighted by Crippen LogP contribution is -2.35. The van der Waals surface area contributed by atoms with E-state index in [1.54, 1.807) is 12.1 Å². The first-order valence-corrected chi connectivity index (χ1v) is 7.42. The molecule has 0 radical (unpaired) electrons. The van der Waals surface area contributed by atoms with Crippen molar-refractivity contribution < 1.29 is 13.5 Å². The molecule has 0 aliphatic carbocycles. The lowest BCUT2D eigenvalue weighted by atomic mass is 10.1. The minimum absolute atomic E-state index is 0.177. The van der Waals surface area contributed by atoms with Crippen molar-refractivity contribution in [3.8, 4) is 5.75 Å². The maximum atomic E-state index is 12.1. The Balaban J connectivity index is 2.39. The molecule has 0 spiro atoms. The summed E-state index contributed by atoms with van der Waals surface area (Å²) in [6.07, 6.45) is 1.14. The third-order valence-corrected chi connectivity index (χ3v) is 3.86. The smallest absolute Gasteiger partial charge is 0.387 e. The monoisotopic (exact) mass is 300 g/mol. The Hall–Kier alpha value is -1.20. The van der Waals surface area contributed by atoms with E-state index in [0.717, 1.165) is 25.1 Å². The lowest BCUT2D eigenvalue weighted by Gasteiger charge is -2.24. The molecule has 120 valence electrons. The molecule has 21 heavy (non-hydrogen) atoms. The van der Waals surface area contributed by atoms with Gasteiger partial charge in [0.05, 0.1) is 0 Å². The van der Waals surface area contributed by atoms with Crippen LogP contribution in [-0.2, 0) is 0 Å². The molecule has 0 saturated carbocycles. The number of alkyl halides is 2. The highest BCUT2D eigenvalue weighted by molar-refractivity contribution is 5.28. The molecule has 0 amide bonds. The van der Waals surface area contributed by atoms with E-state index in [9.17, 15) is 8.78 Å². The predicted octanol–water partition coefficient (Wildman–Crippen LogP) is 3.67. The zero-order chi connectivity index (χ0) is 15.8. The second-order valence-corrected chi connectivity index (χ2v) is 5.36. The van der Waals surface area contributed by atoms with Gasteiger partial charge in [-0.1, -0.05) is 19.1 Å². The SMILES string of the molecule is CCC(C)N(C)CCNC(C)c1ccc(OC(F)F)cc1. The zero-order valence-electron chi connectivity index (χ0n) is 13.3. The molecule has 0 saturated heterocycles. The number of nitrogens with zero attached hydrogens (tertiary/aromatic N) is 1. The van der Waals surface area contributed by atoms with Crippen LogP contribution in [0.5, 0.6) is 5.75 Å². The Bertz CT molecular complexity index is 398. The van der Waals surface area contributed by atoms with E-state index in [4.69, 9.17) is 0 Å². The fourth-order valence-corrected chi connectivity index (χ4v) is 2.05. The molecule has 0 heterocycles. The van der Waals surface area contributed by atoms with Gasteiger partial charge in [0.1, 0.15) is 5.75 Å². The molecule has 0 fully saturated rings. The molecule has 3 nitrogen and oxygen atoms in total. The van der Waals surface area contributed by atoms with E-state index in [0.29, 0.717) is 6.04 Å². The van der Waals surface area contributed by atoms with Crippen molar-refractivity contribution in [2.24, 2.45) is 0 Å².